The number of carbonyl (C=O) groups is 2. The van der Waals surface area contributed by atoms with Crippen LogP contribution in [0.15, 0.2) is 39.8 Å². The highest BCUT2D eigenvalue weighted by molar-refractivity contribution is 7.14. The Morgan fingerprint density at radius 1 is 1.36 bits per heavy atom. The summed E-state index contributed by atoms with van der Waals surface area (Å²) < 4.78 is 5.05. The zero-order valence-electron chi connectivity index (χ0n) is 16.2. The van der Waals surface area contributed by atoms with Crippen molar-refractivity contribution in [2.45, 2.75) is 39.2 Å². The van der Waals surface area contributed by atoms with E-state index < -0.39 is 0 Å². The molecule has 0 aliphatic carbocycles. The fourth-order valence-electron chi connectivity index (χ4n) is 3.03. The van der Waals surface area contributed by atoms with E-state index in [9.17, 15) is 9.59 Å². The van der Waals surface area contributed by atoms with Gasteiger partial charge in [-0.2, -0.15) is 0 Å². The number of nitrogens with zero attached hydrogens (tertiary/aromatic N) is 2. The highest BCUT2D eigenvalue weighted by Crippen LogP contribution is 2.17. The predicted molar refractivity (Wildman–Crippen MR) is 110 cm³/mol. The van der Waals surface area contributed by atoms with Gasteiger partial charge < -0.3 is 9.73 Å². The van der Waals surface area contributed by atoms with Gasteiger partial charge in [0.15, 0.2) is 10.9 Å². The van der Waals surface area contributed by atoms with Crippen LogP contribution in [0.5, 0.6) is 0 Å². The monoisotopic (exact) mass is 402 g/mol. The largest absolute Gasteiger partial charge is 0.459 e. The minimum Gasteiger partial charge on any atom is -0.459 e. The van der Waals surface area contributed by atoms with Gasteiger partial charge >= 0.3 is 0 Å². The maximum atomic E-state index is 12.3. The quantitative estimate of drug-likeness (QED) is 0.695. The highest BCUT2D eigenvalue weighted by atomic mass is 32.1. The molecule has 0 spiro atoms. The van der Waals surface area contributed by atoms with Crippen molar-refractivity contribution in [1.29, 1.82) is 0 Å². The van der Waals surface area contributed by atoms with Crippen molar-refractivity contribution in [2.75, 3.05) is 25.0 Å². The van der Waals surface area contributed by atoms with Gasteiger partial charge in [-0.1, -0.05) is 11.6 Å². The second kappa shape index (κ2) is 9.66. The molecule has 1 aliphatic rings. The number of piperidine rings is 1. The lowest BCUT2D eigenvalue weighted by atomic mass is 10.0. The molecule has 3 rings (SSSR count). The van der Waals surface area contributed by atoms with Crippen LogP contribution in [-0.2, 0) is 11.2 Å². The molecule has 150 valence electrons. The Morgan fingerprint density at radius 3 is 2.82 bits per heavy atom. The molecule has 0 radical (unpaired) electrons. The van der Waals surface area contributed by atoms with Crippen LogP contribution in [0.4, 0.5) is 5.13 Å². The number of nitrogens with one attached hydrogen (secondary N) is 2. The number of hydrogen-bond donors (Lipinski definition) is 2. The number of hydrogen-bond acceptors (Lipinski definition) is 6. The van der Waals surface area contributed by atoms with Crippen LogP contribution < -0.4 is 10.6 Å². The molecule has 7 nitrogen and oxygen atoms in total. The summed E-state index contributed by atoms with van der Waals surface area (Å²) in [5.41, 5.74) is 1.98. The lowest BCUT2D eigenvalue weighted by Crippen LogP contribution is -2.45. The molecule has 0 saturated carbocycles. The molecule has 0 aromatic carbocycles. The van der Waals surface area contributed by atoms with Crippen molar-refractivity contribution in [3.8, 4) is 0 Å². The topological polar surface area (TPSA) is 87.5 Å². The molecule has 2 amide bonds. The summed E-state index contributed by atoms with van der Waals surface area (Å²) in [5, 5.41) is 8.03. The molecule has 1 aliphatic heterocycles. The van der Waals surface area contributed by atoms with Crippen molar-refractivity contribution in [3.63, 3.8) is 0 Å². The molecule has 2 N–H and O–H groups in total. The van der Waals surface area contributed by atoms with E-state index in [4.69, 9.17) is 4.42 Å². The molecular weight excluding hydrogens is 376 g/mol. The number of anilines is 1. The van der Waals surface area contributed by atoms with Gasteiger partial charge in [0.1, 0.15) is 0 Å². The Balaban J connectivity index is 1.41. The first-order valence-corrected chi connectivity index (χ1v) is 10.3. The SMILES string of the molecule is CC(C)=CCN1CCC(NC(=O)Cc2csc(NC(=O)c3ccco3)n2)CC1. The number of amides is 2. The molecule has 1 fully saturated rings. The molecular formula is C20H26N4O3S. The van der Waals surface area contributed by atoms with E-state index in [-0.39, 0.29) is 30.0 Å². The van der Waals surface area contributed by atoms with E-state index in [1.165, 1.54) is 23.2 Å². The van der Waals surface area contributed by atoms with Gasteiger partial charge in [0.05, 0.1) is 18.4 Å². The molecule has 8 heteroatoms. The predicted octanol–water partition coefficient (Wildman–Crippen LogP) is 3.08. The average Bonchev–Trinajstić information content (AvgIpc) is 3.33. The van der Waals surface area contributed by atoms with E-state index >= 15 is 0 Å². The summed E-state index contributed by atoms with van der Waals surface area (Å²) in [6.07, 6.45) is 5.82. The maximum absolute atomic E-state index is 12.3. The third-order valence-corrected chi connectivity index (χ3v) is 5.38. The molecule has 1 saturated heterocycles. The molecule has 0 atom stereocenters. The lowest BCUT2D eigenvalue weighted by Gasteiger charge is -2.31. The smallest absolute Gasteiger partial charge is 0.293 e. The number of thiazole rings is 1. The van der Waals surface area contributed by atoms with Gasteiger partial charge in [-0.3, -0.25) is 19.8 Å². The summed E-state index contributed by atoms with van der Waals surface area (Å²) >= 11 is 1.29. The average molecular weight is 403 g/mol. The summed E-state index contributed by atoms with van der Waals surface area (Å²) in [6.45, 7) is 7.19. The fraction of sp³-hybridized carbons (Fsp3) is 0.450. The lowest BCUT2D eigenvalue weighted by molar-refractivity contribution is -0.121. The van der Waals surface area contributed by atoms with Gasteiger partial charge in [0, 0.05) is 31.1 Å². The summed E-state index contributed by atoms with van der Waals surface area (Å²) in [6, 6.07) is 3.45. The number of likely N-dealkylation sites (tertiary alicyclic amines) is 1. The van der Waals surface area contributed by atoms with Crippen LogP contribution in [0.2, 0.25) is 0 Å². The molecule has 0 bridgehead atoms. The molecule has 28 heavy (non-hydrogen) atoms. The van der Waals surface area contributed by atoms with Gasteiger partial charge in [0.25, 0.3) is 5.91 Å². The minimum absolute atomic E-state index is 0.0306. The standard InChI is InChI=1S/C20H26N4O3S/c1-14(2)5-8-24-9-6-15(7-10-24)21-18(25)12-16-13-28-20(22-16)23-19(26)17-4-3-11-27-17/h3-5,11,13,15H,6-10,12H2,1-2H3,(H,21,25)(H,22,23,26). The van der Waals surface area contributed by atoms with Crippen LogP contribution in [-0.4, -0.2) is 47.4 Å². The first kappa shape index (κ1) is 20.3. The Bertz CT molecular complexity index is 816. The number of rotatable bonds is 7. The normalized spacial score (nSPS) is 15.2. The Hall–Kier alpha value is -2.45. The van der Waals surface area contributed by atoms with Crippen LogP contribution in [0.3, 0.4) is 0 Å². The van der Waals surface area contributed by atoms with E-state index in [1.807, 2.05) is 0 Å². The van der Waals surface area contributed by atoms with Crippen LogP contribution in [0.1, 0.15) is 42.9 Å². The second-order valence-electron chi connectivity index (χ2n) is 7.18. The number of carbonyl (C=O) groups excluding carboxylic acids is 2. The van der Waals surface area contributed by atoms with Crippen molar-refractivity contribution in [1.82, 2.24) is 15.2 Å². The van der Waals surface area contributed by atoms with Crippen LogP contribution in [0, 0.1) is 0 Å². The zero-order chi connectivity index (χ0) is 19.9. The molecule has 2 aromatic heterocycles. The zero-order valence-corrected chi connectivity index (χ0v) is 17.1. The minimum atomic E-state index is -0.352. The maximum Gasteiger partial charge on any atom is 0.293 e. The van der Waals surface area contributed by atoms with Crippen molar-refractivity contribution < 1.29 is 14.0 Å². The summed E-state index contributed by atoms with van der Waals surface area (Å²) in [7, 11) is 0. The Labute approximate surface area is 168 Å². The van der Waals surface area contributed by atoms with E-state index in [0.717, 1.165) is 32.5 Å². The Kier molecular flexibility index (Phi) is 7.00. The van der Waals surface area contributed by atoms with Gasteiger partial charge in [-0.15, -0.1) is 11.3 Å². The first-order chi connectivity index (χ1) is 13.5. The van der Waals surface area contributed by atoms with Gasteiger partial charge in [-0.25, -0.2) is 4.98 Å². The van der Waals surface area contributed by atoms with E-state index in [2.05, 4.69) is 40.4 Å². The van der Waals surface area contributed by atoms with Crippen molar-refractivity contribution >= 4 is 28.3 Å². The van der Waals surface area contributed by atoms with Crippen molar-refractivity contribution in [2.24, 2.45) is 0 Å². The highest BCUT2D eigenvalue weighted by Gasteiger charge is 2.20. The Morgan fingerprint density at radius 2 is 2.14 bits per heavy atom. The number of furan rings is 1. The third kappa shape index (κ3) is 6.03. The number of aromatic nitrogens is 1. The van der Waals surface area contributed by atoms with Gasteiger partial charge in [-0.05, 0) is 38.8 Å². The first-order valence-electron chi connectivity index (χ1n) is 9.44. The summed E-state index contributed by atoms with van der Waals surface area (Å²) in [4.78, 5) is 31.0. The van der Waals surface area contributed by atoms with Crippen LogP contribution >= 0.6 is 11.3 Å². The van der Waals surface area contributed by atoms with E-state index in [1.54, 1.807) is 17.5 Å². The van der Waals surface area contributed by atoms with Gasteiger partial charge in [0.2, 0.25) is 5.91 Å². The summed E-state index contributed by atoms with van der Waals surface area (Å²) in [5.74, 6) is -0.155. The number of allylic oxidation sites excluding steroid dienone is 1. The van der Waals surface area contributed by atoms with Crippen molar-refractivity contribution in [3.05, 3.63) is 46.9 Å². The fourth-order valence-corrected chi connectivity index (χ4v) is 3.73. The molecule has 2 aromatic rings. The second-order valence-corrected chi connectivity index (χ2v) is 8.03. The van der Waals surface area contributed by atoms with Crippen LogP contribution in [0.25, 0.3) is 0 Å². The third-order valence-electron chi connectivity index (χ3n) is 4.57. The van der Waals surface area contributed by atoms with E-state index in [0.29, 0.717) is 10.8 Å². The molecule has 0 unspecified atom stereocenters. The molecule has 3 heterocycles.